The second-order valence-corrected chi connectivity index (χ2v) is 6.46. The molecular formula is C20H22N2O3. The van der Waals surface area contributed by atoms with E-state index in [0.29, 0.717) is 12.1 Å². The molecule has 1 fully saturated rings. The average molecular weight is 338 g/mol. The van der Waals surface area contributed by atoms with Crippen LogP contribution in [0.15, 0.2) is 48.5 Å². The minimum absolute atomic E-state index is 0.0469. The Hall–Kier alpha value is -2.53. The maximum atomic E-state index is 13.1. The predicted molar refractivity (Wildman–Crippen MR) is 95.8 cm³/mol. The number of carbonyl (C=O) groups excluding carboxylic acids is 1. The molecule has 2 heterocycles. The predicted octanol–water partition coefficient (Wildman–Crippen LogP) is 3.44. The standard InChI is InChI=1S/C20H22N2O3/c1-24-15-10-8-14(9-11-15)19-21-18-7-3-2-6-17(18)20(23)22(19)13-16-5-4-12-25-16/h2-3,6-11,16,19,21H,4-5,12-13H2,1H3/t16-,19+/m1/s1. The van der Waals surface area contributed by atoms with E-state index in [1.807, 2.05) is 53.4 Å². The van der Waals surface area contributed by atoms with Gasteiger partial charge in [0.2, 0.25) is 0 Å². The molecule has 0 saturated carbocycles. The molecule has 2 aromatic rings. The zero-order chi connectivity index (χ0) is 17.2. The van der Waals surface area contributed by atoms with Crippen molar-refractivity contribution < 1.29 is 14.3 Å². The van der Waals surface area contributed by atoms with Crippen LogP contribution in [0.4, 0.5) is 5.69 Å². The fraction of sp³-hybridized carbons (Fsp3) is 0.350. The van der Waals surface area contributed by atoms with Crippen LogP contribution in [-0.4, -0.2) is 37.2 Å². The molecule has 25 heavy (non-hydrogen) atoms. The fourth-order valence-electron chi connectivity index (χ4n) is 3.54. The van der Waals surface area contributed by atoms with Crippen LogP contribution in [0.2, 0.25) is 0 Å². The maximum absolute atomic E-state index is 13.1. The smallest absolute Gasteiger partial charge is 0.257 e. The highest BCUT2D eigenvalue weighted by molar-refractivity contribution is 6.01. The molecule has 0 unspecified atom stereocenters. The monoisotopic (exact) mass is 338 g/mol. The molecule has 5 heteroatoms. The molecule has 4 rings (SSSR count). The second kappa shape index (κ2) is 6.76. The zero-order valence-corrected chi connectivity index (χ0v) is 14.3. The quantitative estimate of drug-likeness (QED) is 0.928. The minimum Gasteiger partial charge on any atom is -0.497 e. The largest absolute Gasteiger partial charge is 0.497 e. The van der Waals surface area contributed by atoms with Gasteiger partial charge in [0.15, 0.2) is 0 Å². The van der Waals surface area contributed by atoms with Crippen molar-refractivity contribution in [2.45, 2.75) is 25.1 Å². The molecular weight excluding hydrogens is 316 g/mol. The number of rotatable bonds is 4. The maximum Gasteiger partial charge on any atom is 0.257 e. The normalized spacial score (nSPS) is 22.4. The van der Waals surface area contributed by atoms with Gasteiger partial charge in [0, 0.05) is 18.8 Å². The van der Waals surface area contributed by atoms with Crippen LogP contribution in [0.25, 0.3) is 0 Å². The molecule has 0 radical (unpaired) electrons. The minimum atomic E-state index is -0.211. The summed E-state index contributed by atoms with van der Waals surface area (Å²) in [6.07, 6.45) is 1.96. The van der Waals surface area contributed by atoms with Gasteiger partial charge in [0.05, 0.1) is 18.8 Å². The Morgan fingerprint density at radius 3 is 2.72 bits per heavy atom. The molecule has 0 aromatic heterocycles. The highest BCUT2D eigenvalue weighted by Gasteiger charge is 2.35. The van der Waals surface area contributed by atoms with Gasteiger partial charge in [-0.15, -0.1) is 0 Å². The molecule has 5 nitrogen and oxygen atoms in total. The lowest BCUT2D eigenvalue weighted by atomic mass is 10.0. The number of carbonyl (C=O) groups is 1. The van der Waals surface area contributed by atoms with E-state index in [4.69, 9.17) is 9.47 Å². The van der Waals surface area contributed by atoms with Crippen molar-refractivity contribution in [1.29, 1.82) is 0 Å². The first-order chi connectivity index (χ1) is 12.3. The Morgan fingerprint density at radius 2 is 2.00 bits per heavy atom. The molecule has 0 spiro atoms. The van der Waals surface area contributed by atoms with Crippen molar-refractivity contribution in [2.24, 2.45) is 0 Å². The zero-order valence-electron chi connectivity index (χ0n) is 14.3. The van der Waals surface area contributed by atoms with E-state index in [1.165, 1.54) is 0 Å². The number of anilines is 1. The van der Waals surface area contributed by atoms with Crippen LogP contribution in [-0.2, 0) is 4.74 Å². The number of methoxy groups -OCH3 is 1. The third-order valence-electron chi connectivity index (χ3n) is 4.88. The SMILES string of the molecule is COc1ccc([C@H]2Nc3ccccc3C(=O)N2C[C@H]2CCCO2)cc1. The third-order valence-corrected chi connectivity index (χ3v) is 4.88. The molecule has 1 amide bonds. The number of hydrogen-bond acceptors (Lipinski definition) is 4. The number of amides is 1. The summed E-state index contributed by atoms with van der Waals surface area (Å²) < 4.78 is 11.0. The number of nitrogens with one attached hydrogen (secondary N) is 1. The van der Waals surface area contributed by atoms with E-state index in [0.717, 1.165) is 36.4 Å². The van der Waals surface area contributed by atoms with Crippen molar-refractivity contribution >= 4 is 11.6 Å². The summed E-state index contributed by atoms with van der Waals surface area (Å²) >= 11 is 0. The Balaban J connectivity index is 1.68. The number of fused-ring (bicyclic) bond motifs is 1. The summed E-state index contributed by atoms with van der Waals surface area (Å²) in [5.41, 5.74) is 2.61. The van der Waals surface area contributed by atoms with E-state index < -0.39 is 0 Å². The summed E-state index contributed by atoms with van der Waals surface area (Å²) in [7, 11) is 1.65. The van der Waals surface area contributed by atoms with Gasteiger partial charge in [0.25, 0.3) is 5.91 Å². The van der Waals surface area contributed by atoms with Gasteiger partial charge in [-0.1, -0.05) is 24.3 Å². The molecule has 130 valence electrons. The summed E-state index contributed by atoms with van der Waals surface area (Å²) in [4.78, 5) is 15.0. The number of para-hydroxylation sites is 1. The van der Waals surface area contributed by atoms with Crippen LogP contribution in [0.5, 0.6) is 5.75 Å². The molecule has 1 N–H and O–H groups in total. The topological polar surface area (TPSA) is 50.8 Å². The first-order valence-electron chi connectivity index (χ1n) is 8.68. The van der Waals surface area contributed by atoms with Crippen LogP contribution >= 0.6 is 0 Å². The molecule has 1 saturated heterocycles. The highest BCUT2D eigenvalue weighted by Crippen LogP contribution is 2.34. The summed E-state index contributed by atoms with van der Waals surface area (Å²) in [6, 6.07) is 15.5. The lowest BCUT2D eigenvalue weighted by molar-refractivity contribution is 0.0427. The first kappa shape index (κ1) is 16.0. The van der Waals surface area contributed by atoms with Crippen LogP contribution < -0.4 is 10.1 Å². The van der Waals surface area contributed by atoms with Gasteiger partial charge in [-0.2, -0.15) is 0 Å². The van der Waals surface area contributed by atoms with Crippen LogP contribution in [0.3, 0.4) is 0 Å². The van der Waals surface area contributed by atoms with Gasteiger partial charge in [-0.3, -0.25) is 4.79 Å². The average Bonchev–Trinajstić information content (AvgIpc) is 3.17. The number of hydrogen-bond donors (Lipinski definition) is 1. The molecule has 2 atom stereocenters. The highest BCUT2D eigenvalue weighted by atomic mass is 16.5. The van der Waals surface area contributed by atoms with Gasteiger partial charge in [0.1, 0.15) is 11.9 Å². The number of nitrogens with zero attached hydrogens (tertiary/aromatic N) is 1. The lowest BCUT2D eigenvalue weighted by Gasteiger charge is -2.39. The van der Waals surface area contributed by atoms with Gasteiger partial charge in [-0.05, 0) is 42.7 Å². The Kier molecular flexibility index (Phi) is 4.32. The van der Waals surface area contributed by atoms with Crippen LogP contribution in [0, 0.1) is 0 Å². The molecule has 0 aliphatic carbocycles. The van der Waals surface area contributed by atoms with Gasteiger partial charge in [-0.25, -0.2) is 0 Å². The van der Waals surface area contributed by atoms with E-state index in [2.05, 4.69) is 5.32 Å². The van der Waals surface area contributed by atoms with Gasteiger partial charge >= 0.3 is 0 Å². The summed E-state index contributed by atoms with van der Waals surface area (Å²) in [5.74, 6) is 0.850. The summed E-state index contributed by atoms with van der Waals surface area (Å²) in [5, 5.41) is 3.51. The van der Waals surface area contributed by atoms with E-state index in [9.17, 15) is 4.79 Å². The van der Waals surface area contributed by atoms with Crippen molar-refractivity contribution in [2.75, 3.05) is 25.6 Å². The first-order valence-corrected chi connectivity index (χ1v) is 8.68. The Morgan fingerprint density at radius 1 is 1.20 bits per heavy atom. The van der Waals surface area contributed by atoms with Crippen molar-refractivity contribution in [3.05, 3.63) is 59.7 Å². The number of ether oxygens (including phenoxy) is 2. The van der Waals surface area contributed by atoms with E-state index in [1.54, 1.807) is 7.11 Å². The van der Waals surface area contributed by atoms with Crippen molar-refractivity contribution in [3.63, 3.8) is 0 Å². The van der Waals surface area contributed by atoms with Gasteiger partial charge < -0.3 is 19.7 Å². The third kappa shape index (κ3) is 3.07. The summed E-state index contributed by atoms with van der Waals surface area (Å²) in [6.45, 7) is 1.38. The lowest BCUT2D eigenvalue weighted by Crippen LogP contribution is -2.46. The van der Waals surface area contributed by atoms with E-state index >= 15 is 0 Å². The second-order valence-electron chi connectivity index (χ2n) is 6.46. The Labute approximate surface area is 147 Å². The van der Waals surface area contributed by atoms with Crippen LogP contribution in [0.1, 0.15) is 34.9 Å². The molecule has 2 aliphatic rings. The molecule has 0 bridgehead atoms. The Bertz CT molecular complexity index is 754. The molecule has 2 aromatic carbocycles. The van der Waals surface area contributed by atoms with Crippen molar-refractivity contribution in [1.82, 2.24) is 4.90 Å². The van der Waals surface area contributed by atoms with E-state index in [-0.39, 0.29) is 18.2 Å². The fourth-order valence-corrected chi connectivity index (χ4v) is 3.54. The van der Waals surface area contributed by atoms with Crippen molar-refractivity contribution in [3.8, 4) is 5.75 Å². The number of benzene rings is 2. The molecule has 2 aliphatic heterocycles.